The largest absolute Gasteiger partial charge is 0.285 e. The van der Waals surface area contributed by atoms with Crippen LogP contribution in [0.25, 0.3) is 11.1 Å². The van der Waals surface area contributed by atoms with Crippen LogP contribution in [0, 0.1) is 0 Å². The van der Waals surface area contributed by atoms with E-state index in [2.05, 4.69) is 15.6 Å². The number of hydrogen-bond acceptors (Lipinski definition) is 3. The molecule has 98 valence electrons. The molecule has 1 amide bonds. The van der Waals surface area contributed by atoms with Gasteiger partial charge in [-0.1, -0.05) is 12.1 Å². The summed E-state index contributed by atoms with van der Waals surface area (Å²) in [7, 11) is 0. The summed E-state index contributed by atoms with van der Waals surface area (Å²) >= 11 is 0. The smallest absolute Gasteiger partial charge is 0.267 e. The molecule has 0 unspecified atom stereocenters. The Kier molecular flexibility index (Phi) is 3.29. The van der Waals surface area contributed by atoms with Crippen LogP contribution < -0.4 is 5.43 Å². The van der Waals surface area contributed by atoms with Crippen LogP contribution in [0.4, 0.5) is 0 Å². The Bertz CT molecular complexity index is 541. The third-order valence-corrected chi connectivity index (χ3v) is 3.32. The summed E-state index contributed by atoms with van der Waals surface area (Å²) in [5.41, 5.74) is 5.91. The van der Waals surface area contributed by atoms with Gasteiger partial charge in [-0.15, -0.1) is 0 Å². The zero-order valence-electron chi connectivity index (χ0n) is 10.6. The van der Waals surface area contributed by atoms with Crippen molar-refractivity contribution in [2.45, 2.75) is 12.8 Å². The second kappa shape index (κ2) is 5.24. The summed E-state index contributed by atoms with van der Waals surface area (Å²) < 4.78 is 0. The molecule has 0 saturated carbocycles. The molecule has 19 heavy (non-hydrogen) atoms. The van der Waals surface area contributed by atoms with Crippen molar-refractivity contribution in [1.29, 1.82) is 0 Å². The molecule has 2 N–H and O–H groups in total. The standard InChI is InChI=1S/C14H16N4O/c19-14(18-8-2-1-7-17-18)12-5-3-11(4-6-12)13-9-15-16-10-13/h3-6,9-10,17H,1-2,7-8H2,(H,15,16). The van der Waals surface area contributed by atoms with Crippen molar-refractivity contribution in [2.75, 3.05) is 13.1 Å². The SMILES string of the molecule is O=C(c1ccc(-c2cn[nH]c2)cc1)N1CCCCN1. The predicted molar refractivity (Wildman–Crippen MR) is 72.3 cm³/mol. The van der Waals surface area contributed by atoms with Crippen LogP contribution in [0.15, 0.2) is 36.7 Å². The lowest BCUT2D eigenvalue weighted by atomic mass is 10.1. The van der Waals surface area contributed by atoms with Gasteiger partial charge in [0.2, 0.25) is 0 Å². The Hall–Kier alpha value is -2.14. The lowest BCUT2D eigenvalue weighted by Crippen LogP contribution is -2.46. The van der Waals surface area contributed by atoms with Crippen LogP contribution in [0.2, 0.25) is 0 Å². The Labute approximate surface area is 111 Å². The molecule has 2 aromatic rings. The van der Waals surface area contributed by atoms with Crippen molar-refractivity contribution in [1.82, 2.24) is 20.6 Å². The molecule has 3 rings (SSSR count). The van der Waals surface area contributed by atoms with Crippen LogP contribution in [0.3, 0.4) is 0 Å². The second-order valence-corrected chi connectivity index (χ2v) is 4.64. The van der Waals surface area contributed by atoms with E-state index >= 15 is 0 Å². The monoisotopic (exact) mass is 256 g/mol. The molecule has 0 bridgehead atoms. The average Bonchev–Trinajstić information content (AvgIpc) is 3.02. The van der Waals surface area contributed by atoms with Crippen molar-refractivity contribution in [3.8, 4) is 11.1 Å². The molecule has 0 radical (unpaired) electrons. The molecule has 1 aliphatic heterocycles. The molecule has 0 spiro atoms. The van der Waals surface area contributed by atoms with Crippen molar-refractivity contribution < 1.29 is 4.79 Å². The van der Waals surface area contributed by atoms with Crippen LogP contribution in [0.1, 0.15) is 23.2 Å². The number of nitrogens with one attached hydrogen (secondary N) is 2. The Morgan fingerprint density at radius 3 is 2.63 bits per heavy atom. The number of nitrogens with zero attached hydrogens (tertiary/aromatic N) is 2. The van der Waals surface area contributed by atoms with Gasteiger partial charge in [-0.2, -0.15) is 5.10 Å². The van der Waals surface area contributed by atoms with E-state index in [4.69, 9.17) is 0 Å². The maximum absolute atomic E-state index is 12.2. The van der Waals surface area contributed by atoms with Gasteiger partial charge in [0, 0.05) is 30.4 Å². The first-order chi connectivity index (χ1) is 9.34. The highest BCUT2D eigenvalue weighted by Gasteiger charge is 2.17. The summed E-state index contributed by atoms with van der Waals surface area (Å²) in [4.78, 5) is 12.2. The third-order valence-electron chi connectivity index (χ3n) is 3.32. The number of aromatic nitrogens is 2. The highest BCUT2D eigenvalue weighted by Crippen LogP contribution is 2.18. The molecule has 2 heterocycles. The predicted octanol–water partition coefficient (Wildman–Crippen LogP) is 1.82. The second-order valence-electron chi connectivity index (χ2n) is 4.64. The minimum Gasteiger partial charge on any atom is -0.285 e. The van der Waals surface area contributed by atoms with Gasteiger partial charge < -0.3 is 0 Å². The maximum Gasteiger partial charge on any atom is 0.267 e. The molecular formula is C14H16N4O. The van der Waals surface area contributed by atoms with Gasteiger partial charge in [0.15, 0.2) is 0 Å². The molecular weight excluding hydrogens is 240 g/mol. The van der Waals surface area contributed by atoms with Crippen LogP contribution >= 0.6 is 0 Å². The first-order valence-corrected chi connectivity index (χ1v) is 6.49. The molecule has 0 aliphatic carbocycles. The van der Waals surface area contributed by atoms with E-state index in [9.17, 15) is 4.79 Å². The van der Waals surface area contributed by atoms with Gasteiger partial charge >= 0.3 is 0 Å². The molecule has 1 aromatic carbocycles. The zero-order chi connectivity index (χ0) is 13.1. The molecule has 1 saturated heterocycles. The van der Waals surface area contributed by atoms with Crippen molar-refractivity contribution >= 4 is 5.91 Å². The average molecular weight is 256 g/mol. The quantitative estimate of drug-likeness (QED) is 0.861. The van der Waals surface area contributed by atoms with Crippen molar-refractivity contribution in [2.24, 2.45) is 0 Å². The van der Waals surface area contributed by atoms with Crippen molar-refractivity contribution in [3.63, 3.8) is 0 Å². The van der Waals surface area contributed by atoms with E-state index in [1.54, 1.807) is 11.2 Å². The van der Waals surface area contributed by atoms with Gasteiger partial charge in [0.05, 0.1) is 6.20 Å². The Morgan fingerprint density at radius 1 is 1.16 bits per heavy atom. The first-order valence-electron chi connectivity index (χ1n) is 6.49. The molecule has 1 aromatic heterocycles. The normalized spacial score (nSPS) is 15.5. The minimum atomic E-state index is 0.0402. The fourth-order valence-electron chi connectivity index (χ4n) is 2.23. The van der Waals surface area contributed by atoms with E-state index < -0.39 is 0 Å². The number of carbonyl (C=O) groups is 1. The fourth-order valence-corrected chi connectivity index (χ4v) is 2.23. The van der Waals surface area contributed by atoms with Gasteiger partial charge in [-0.25, -0.2) is 5.43 Å². The number of amides is 1. The lowest BCUT2D eigenvalue weighted by Gasteiger charge is -2.27. The summed E-state index contributed by atoms with van der Waals surface area (Å²) in [5, 5.41) is 8.41. The van der Waals surface area contributed by atoms with Gasteiger partial charge in [-0.3, -0.25) is 14.9 Å². The fraction of sp³-hybridized carbons (Fsp3) is 0.286. The summed E-state index contributed by atoms with van der Waals surface area (Å²) in [6, 6.07) is 7.62. The van der Waals surface area contributed by atoms with Gasteiger partial charge in [0.25, 0.3) is 5.91 Å². The number of rotatable bonds is 2. The minimum absolute atomic E-state index is 0.0402. The van der Waals surface area contributed by atoms with E-state index in [-0.39, 0.29) is 5.91 Å². The number of carbonyl (C=O) groups excluding carboxylic acids is 1. The molecule has 5 nitrogen and oxygen atoms in total. The van der Waals surface area contributed by atoms with Crippen LogP contribution in [-0.2, 0) is 0 Å². The topological polar surface area (TPSA) is 61.0 Å². The van der Waals surface area contributed by atoms with Gasteiger partial charge in [0.1, 0.15) is 0 Å². The summed E-state index contributed by atoms with van der Waals surface area (Å²) in [6.07, 6.45) is 5.79. The molecule has 1 fully saturated rings. The van der Waals surface area contributed by atoms with Gasteiger partial charge in [-0.05, 0) is 30.5 Å². The number of hydrogen-bond donors (Lipinski definition) is 2. The molecule has 5 heteroatoms. The van der Waals surface area contributed by atoms with Crippen LogP contribution in [-0.4, -0.2) is 34.2 Å². The van der Waals surface area contributed by atoms with E-state index in [1.807, 2.05) is 30.5 Å². The Morgan fingerprint density at radius 2 is 2.00 bits per heavy atom. The number of aromatic amines is 1. The third kappa shape index (κ3) is 2.51. The summed E-state index contributed by atoms with van der Waals surface area (Å²) in [6.45, 7) is 1.65. The number of benzene rings is 1. The number of H-pyrrole nitrogens is 1. The zero-order valence-corrected chi connectivity index (χ0v) is 10.6. The number of hydrazine groups is 1. The lowest BCUT2D eigenvalue weighted by molar-refractivity contribution is 0.0611. The molecule has 0 atom stereocenters. The maximum atomic E-state index is 12.2. The van der Waals surface area contributed by atoms with E-state index in [0.29, 0.717) is 5.56 Å². The van der Waals surface area contributed by atoms with Crippen LogP contribution in [0.5, 0.6) is 0 Å². The highest BCUT2D eigenvalue weighted by molar-refractivity contribution is 5.94. The van der Waals surface area contributed by atoms with E-state index in [1.165, 1.54) is 0 Å². The highest BCUT2D eigenvalue weighted by atomic mass is 16.2. The van der Waals surface area contributed by atoms with E-state index in [0.717, 1.165) is 37.1 Å². The Balaban J connectivity index is 1.76. The first kappa shape index (κ1) is 11.9. The van der Waals surface area contributed by atoms with Crippen molar-refractivity contribution in [3.05, 3.63) is 42.2 Å². The molecule has 1 aliphatic rings. The summed E-state index contributed by atoms with van der Waals surface area (Å²) in [5.74, 6) is 0.0402.